The first kappa shape index (κ1) is 11.3. The van der Waals surface area contributed by atoms with Crippen molar-refractivity contribution in [1.82, 2.24) is 5.32 Å². The summed E-state index contributed by atoms with van der Waals surface area (Å²) in [6, 6.07) is 0. The van der Waals surface area contributed by atoms with Gasteiger partial charge in [-0.1, -0.05) is 19.2 Å². The molecular formula is C9H14N2O2. The quantitative estimate of drug-likeness (QED) is 0.621. The molecule has 0 atom stereocenters. The van der Waals surface area contributed by atoms with Crippen LogP contribution in [0.3, 0.4) is 0 Å². The van der Waals surface area contributed by atoms with Crippen LogP contribution in [0.4, 0.5) is 4.79 Å². The molecule has 13 heavy (non-hydrogen) atoms. The van der Waals surface area contributed by atoms with E-state index in [9.17, 15) is 4.79 Å². The Morgan fingerprint density at radius 1 is 1.54 bits per heavy atom. The van der Waals surface area contributed by atoms with Gasteiger partial charge in [-0.3, -0.25) is 0 Å². The van der Waals surface area contributed by atoms with Crippen molar-refractivity contribution in [2.75, 3.05) is 13.7 Å². The van der Waals surface area contributed by atoms with Crippen LogP contribution in [-0.2, 0) is 4.74 Å². The van der Waals surface area contributed by atoms with Crippen molar-refractivity contribution < 1.29 is 9.53 Å². The normalized spacial score (nSPS) is 9.62. The number of ether oxygens (including phenoxy) is 1. The van der Waals surface area contributed by atoms with E-state index in [1.165, 1.54) is 0 Å². The molecule has 72 valence electrons. The summed E-state index contributed by atoms with van der Waals surface area (Å²) in [6.45, 7) is 7.41. The van der Waals surface area contributed by atoms with E-state index in [2.05, 4.69) is 23.2 Å². The molecule has 0 aliphatic carbocycles. The van der Waals surface area contributed by atoms with Crippen LogP contribution in [0.2, 0.25) is 0 Å². The predicted molar refractivity (Wildman–Crippen MR) is 52.0 cm³/mol. The molecule has 0 aliphatic rings. The zero-order valence-electron chi connectivity index (χ0n) is 7.67. The number of nitrogens with one attached hydrogen (secondary N) is 1. The maximum atomic E-state index is 10.2. The van der Waals surface area contributed by atoms with Crippen molar-refractivity contribution in [3.05, 3.63) is 36.6 Å². The smallest absolute Gasteiger partial charge is 0.404 e. The van der Waals surface area contributed by atoms with Gasteiger partial charge in [0.1, 0.15) is 6.61 Å². The summed E-state index contributed by atoms with van der Waals surface area (Å²) >= 11 is 0. The highest BCUT2D eigenvalue weighted by molar-refractivity contribution is 5.64. The molecule has 0 radical (unpaired) electrons. The van der Waals surface area contributed by atoms with Crippen LogP contribution >= 0.6 is 0 Å². The molecule has 0 fully saturated rings. The van der Waals surface area contributed by atoms with Gasteiger partial charge in [-0.05, 0) is 11.6 Å². The minimum Gasteiger partial charge on any atom is -0.445 e. The van der Waals surface area contributed by atoms with Crippen LogP contribution in [0.5, 0.6) is 0 Å². The van der Waals surface area contributed by atoms with Crippen molar-refractivity contribution >= 4 is 6.09 Å². The Morgan fingerprint density at radius 2 is 2.15 bits per heavy atom. The molecule has 0 aromatic carbocycles. The highest BCUT2D eigenvalue weighted by atomic mass is 16.5. The van der Waals surface area contributed by atoms with Gasteiger partial charge in [-0.2, -0.15) is 0 Å². The molecule has 4 heteroatoms. The maximum absolute atomic E-state index is 10.2. The third-order valence-electron chi connectivity index (χ3n) is 1.24. The summed E-state index contributed by atoms with van der Waals surface area (Å²) in [5.74, 6) is 0. The number of hydrogen-bond acceptors (Lipinski definition) is 3. The Labute approximate surface area is 77.8 Å². The number of likely N-dealkylation sites (N-methyl/N-ethyl adjacent to an activating group) is 1. The molecular weight excluding hydrogens is 168 g/mol. The fourth-order valence-corrected chi connectivity index (χ4v) is 0.514. The van der Waals surface area contributed by atoms with Crippen LogP contribution < -0.4 is 11.1 Å². The van der Waals surface area contributed by atoms with Crippen molar-refractivity contribution in [1.29, 1.82) is 0 Å². The average Bonchev–Trinajstić information content (AvgIpc) is 2.10. The minimum absolute atomic E-state index is 0.100. The molecule has 0 aromatic heterocycles. The van der Waals surface area contributed by atoms with Crippen molar-refractivity contribution in [3.63, 3.8) is 0 Å². The van der Waals surface area contributed by atoms with Gasteiger partial charge in [0.2, 0.25) is 0 Å². The minimum atomic E-state index is -0.804. The Hall–Kier alpha value is -1.71. The average molecular weight is 182 g/mol. The Morgan fingerprint density at radius 3 is 2.62 bits per heavy atom. The maximum Gasteiger partial charge on any atom is 0.404 e. The van der Waals surface area contributed by atoms with Gasteiger partial charge in [0.25, 0.3) is 0 Å². The second-order valence-electron chi connectivity index (χ2n) is 2.37. The summed E-state index contributed by atoms with van der Waals surface area (Å²) in [5.41, 5.74) is 6.17. The van der Waals surface area contributed by atoms with Gasteiger partial charge in [-0.25, -0.2) is 4.79 Å². The first-order chi connectivity index (χ1) is 6.06. The van der Waals surface area contributed by atoms with Crippen molar-refractivity contribution in [3.8, 4) is 0 Å². The highest BCUT2D eigenvalue weighted by Gasteiger charge is 1.93. The van der Waals surface area contributed by atoms with Crippen LogP contribution in [0.1, 0.15) is 0 Å². The fraction of sp³-hybridized carbons (Fsp3) is 0.222. The van der Waals surface area contributed by atoms with E-state index in [1.54, 1.807) is 19.2 Å². The summed E-state index contributed by atoms with van der Waals surface area (Å²) in [5, 5.41) is 2.83. The molecule has 4 nitrogen and oxygen atoms in total. The fourth-order valence-electron chi connectivity index (χ4n) is 0.514. The molecule has 0 aliphatic heterocycles. The van der Waals surface area contributed by atoms with Gasteiger partial charge in [0.05, 0.1) is 0 Å². The van der Waals surface area contributed by atoms with E-state index in [1.807, 2.05) is 0 Å². The third kappa shape index (κ3) is 6.68. The standard InChI is InChI=1S/C9H14N2O2/c1-7(6-13-9(10)12)4-5-8(2)11-3/h4-5,11H,1-2,6H2,3H3,(H2,10,12)/b5-4-. The molecule has 0 heterocycles. The summed E-state index contributed by atoms with van der Waals surface area (Å²) in [4.78, 5) is 10.2. The number of nitrogens with two attached hydrogens (primary N) is 1. The van der Waals surface area contributed by atoms with E-state index in [-0.39, 0.29) is 6.61 Å². The lowest BCUT2D eigenvalue weighted by molar-refractivity contribution is 0.167. The number of amides is 1. The van der Waals surface area contributed by atoms with Crippen LogP contribution in [-0.4, -0.2) is 19.7 Å². The van der Waals surface area contributed by atoms with Gasteiger partial charge < -0.3 is 15.8 Å². The van der Waals surface area contributed by atoms with E-state index >= 15 is 0 Å². The molecule has 0 saturated heterocycles. The SMILES string of the molecule is C=C(/C=C\C(=C)NC)COC(N)=O. The Balaban J connectivity index is 3.80. The van der Waals surface area contributed by atoms with Crippen LogP contribution in [0.25, 0.3) is 0 Å². The predicted octanol–water partition coefficient (Wildman–Crippen LogP) is 0.927. The first-order valence-corrected chi connectivity index (χ1v) is 3.71. The molecule has 0 rings (SSSR count). The molecule has 0 unspecified atom stereocenters. The largest absolute Gasteiger partial charge is 0.445 e. The summed E-state index contributed by atoms with van der Waals surface area (Å²) < 4.78 is 4.51. The monoisotopic (exact) mass is 182 g/mol. The number of allylic oxidation sites excluding steroid dienone is 1. The number of primary amides is 1. The lowest BCUT2D eigenvalue weighted by Gasteiger charge is -2.00. The van der Waals surface area contributed by atoms with Crippen molar-refractivity contribution in [2.45, 2.75) is 0 Å². The Bertz CT molecular complexity index is 244. The van der Waals surface area contributed by atoms with Gasteiger partial charge in [0, 0.05) is 12.7 Å². The van der Waals surface area contributed by atoms with Crippen LogP contribution in [0, 0.1) is 0 Å². The van der Waals surface area contributed by atoms with Gasteiger partial charge in [-0.15, -0.1) is 0 Å². The Kier molecular flexibility index (Phi) is 5.11. The van der Waals surface area contributed by atoms with E-state index in [4.69, 9.17) is 5.73 Å². The molecule has 0 aromatic rings. The number of carbonyl (C=O) groups excluding carboxylic acids is 1. The molecule has 1 amide bonds. The highest BCUT2D eigenvalue weighted by Crippen LogP contribution is 1.96. The molecule has 0 saturated carbocycles. The van der Waals surface area contributed by atoms with Crippen LogP contribution in [0.15, 0.2) is 36.6 Å². The lowest BCUT2D eigenvalue weighted by Crippen LogP contribution is -2.14. The van der Waals surface area contributed by atoms with E-state index in [0.29, 0.717) is 5.57 Å². The number of rotatable bonds is 5. The summed E-state index contributed by atoms with van der Waals surface area (Å²) in [7, 11) is 1.76. The second-order valence-corrected chi connectivity index (χ2v) is 2.37. The summed E-state index contributed by atoms with van der Waals surface area (Å²) in [6.07, 6.45) is 2.62. The van der Waals surface area contributed by atoms with E-state index in [0.717, 1.165) is 5.70 Å². The van der Waals surface area contributed by atoms with Gasteiger partial charge >= 0.3 is 6.09 Å². The number of hydrogen-bond donors (Lipinski definition) is 2. The van der Waals surface area contributed by atoms with E-state index < -0.39 is 6.09 Å². The molecule has 3 N–H and O–H groups in total. The number of carbonyl (C=O) groups is 1. The topological polar surface area (TPSA) is 64.3 Å². The zero-order chi connectivity index (χ0) is 10.3. The second kappa shape index (κ2) is 5.88. The lowest BCUT2D eigenvalue weighted by atomic mass is 10.3. The molecule has 0 bridgehead atoms. The first-order valence-electron chi connectivity index (χ1n) is 3.71. The zero-order valence-corrected chi connectivity index (χ0v) is 7.67. The van der Waals surface area contributed by atoms with Gasteiger partial charge in [0.15, 0.2) is 0 Å². The molecule has 0 spiro atoms. The van der Waals surface area contributed by atoms with Crippen molar-refractivity contribution in [2.24, 2.45) is 5.73 Å². The third-order valence-corrected chi connectivity index (χ3v) is 1.24.